The predicted molar refractivity (Wildman–Crippen MR) is 69.7 cm³/mol. The number of nitrogens with one attached hydrogen (secondary N) is 1. The van der Waals surface area contributed by atoms with E-state index in [1.54, 1.807) is 0 Å². The van der Waals surface area contributed by atoms with Crippen molar-refractivity contribution >= 4 is 0 Å². The van der Waals surface area contributed by atoms with Crippen LogP contribution in [0.15, 0.2) is 0 Å². The summed E-state index contributed by atoms with van der Waals surface area (Å²) < 4.78 is 5.56. The largest absolute Gasteiger partial charge is 0.381 e. The number of hydrogen-bond donors (Lipinski definition) is 1. The summed E-state index contributed by atoms with van der Waals surface area (Å²) in [6.07, 6.45) is 6.71. The third-order valence-corrected chi connectivity index (χ3v) is 3.47. The normalized spacial score (nSPS) is 25.5. The smallest absolute Gasteiger partial charge is 0.0489 e. The van der Waals surface area contributed by atoms with Gasteiger partial charge in [0.05, 0.1) is 0 Å². The molecule has 0 amide bonds. The summed E-state index contributed by atoms with van der Waals surface area (Å²) in [6.45, 7) is 9.64. The Morgan fingerprint density at radius 1 is 1.31 bits per heavy atom. The number of hydrogen-bond acceptors (Lipinski definition) is 2. The number of ether oxygens (including phenoxy) is 1. The molecule has 1 aliphatic carbocycles. The van der Waals surface area contributed by atoms with Crippen LogP contribution in [0.2, 0.25) is 0 Å². The Bertz CT molecular complexity index is 170. The van der Waals surface area contributed by atoms with E-state index in [1.807, 2.05) is 0 Å². The number of rotatable bonds is 8. The van der Waals surface area contributed by atoms with Crippen molar-refractivity contribution < 1.29 is 4.74 Å². The molecule has 0 saturated heterocycles. The van der Waals surface area contributed by atoms with Gasteiger partial charge in [0, 0.05) is 19.3 Å². The van der Waals surface area contributed by atoms with E-state index < -0.39 is 0 Å². The fourth-order valence-corrected chi connectivity index (χ4v) is 2.43. The van der Waals surface area contributed by atoms with Crippen molar-refractivity contribution in [1.82, 2.24) is 5.32 Å². The van der Waals surface area contributed by atoms with Crippen LogP contribution >= 0.6 is 0 Å². The summed E-state index contributed by atoms with van der Waals surface area (Å²) in [5, 5.41) is 3.65. The molecule has 1 saturated carbocycles. The van der Waals surface area contributed by atoms with Gasteiger partial charge in [-0.1, -0.05) is 27.2 Å². The Balaban J connectivity index is 1.88. The van der Waals surface area contributed by atoms with Gasteiger partial charge in [-0.3, -0.25) is 0 Å². The highest BCUT2D eigenvalue weighted by Gasteiger charge is 2.22. The van der Waals surface area contributed by atoms with Crippen molar-refractivity contribution in [2.45, 2.75) is 58.9 Å². The fourth-order valence-electron chi connectivity index (χ4n) is 2.43. The molecular weight excluding hydrogens is 198 g/mol. The summed E-state index contributed by atoms with van der Waals surface area (Å²) in [5.41, 5.74) is 0. The molecule has 0 spiro atoms. The lowest BCUT2D eigenvalue weighted by Crippen LogP contribution is -2.28. The van der Waals surface area contributed by atoms with Crippen LogP contribution in [0.5, 0.6) is 0 Å². The monoisotopic (exact) mass is 227 g/mol. The Morgan fingerprint density at radius 3 is 2.75 bits per heavy atom. The molecule has 1 fully saturated rings. The summed E-state index contributed by atoms with van der Waals surface area (Å²) in [4.78, 5) is 0. The second-order valence-electron chi connectivity index (χ2n) is 5.56. The highest BCUT2D eigenvalue weighted by atomic mass is 16.5. The molecule has 0 aromatic rings. The van der Waals surface area contributed by atoms with Gasteiger partial charge in [-0.15, -0.1) is 0 Å². The van der Waals surface area contributed by atoms with Gasteiger partial charge in [0.1, 0.15) is 0 Å². The van der Waals surface area contributed by atoms with Crippen molar-refractivity contribution in [3.63, 3.8) is 0 Å². The van der Waals surface area contributed by atoms with E-state index in [0.717, 1.165) is 38.1 Å². The van der Waals surface area contributed by atoms with Gasteiger partial charge in [-0.25, -0.2) is 0 Å². The van der Waals surface area contributed by atoms with E-state index >= 15 is 0 Å². The van der Waals surface area contributed by atoms with Crippen LogP contribution in [0, 0.1) is 11.8 Å². The van der Waals surface area contributed by atoms with Gasteiger partial charge < -0.3 is 10.1 Å². The van der Waals surface area contributed by atoms with Gasteiger partial charge in [0.15, 0.2) is 0 Å². The van der Waals surface area contributed by atoms with Gasteiger partial charge >= 0.3 is 0 Å². The first kappa shape index (κ1) is 14.0. The third-order valence-electron chi connectivity index (χ3n) is 3.47. The van der Waals surface area contributed by atoms with Crippen LogP contribution in [0.25, 0.3) is 0 Å². The third kappa shape index (κ3) is 5.86. The molecule has 1 N–H and O–H groups in total. The molecular formula is C14H29NO. The van der Waals surface area contributed by atoms with Gasteiger partial charge in [-0.05, 0) is 44.1 Å². The van der Waals surface area contributed by atoms with Crippen LogP contribution in [-0.2, 0) is 4.74 Å². The van der Waals surface area contributed by atoms with E-state index in [0.29, 0.717) is 5.92 Å². The highest BCUT2D eigenvalue weighted by Crippen LogP contribution is 2.27. The van der Waals surface area contributed by atoms with Crippen LogP contribution in [0.1, 0.15) is 52.9 Å². The molecule has 2 unspecified atom stereocenters. The molecule has 2 heteroatoms. The molecule has 0 aliphatic heterocycles. The Labute approximate surface area is 101 Å². The average Bonchev–Trinajstić information content (AvgIpc) is 2.70. The van der Waals surface area contributed by atoms with Gasteiger partial charge in [-0.2, -0.15) is 0 Å². The van der Waals surface area contributed by atoms with Crippen molar-refractivity contribution in [1.29, 1.82) is 0 Å². The molecule has 2 nitrogen and oxygen atoms in total. The average molecular weight is 227 g/mol. The van der Waals surface area contributed by atoms with Crippen molar-refractivity contribution in [2.24, 2.45) is 11.8 Å². The van der Waals surface area contributed by atoms with Crippen LogP contribution in [0.3, 0.4) is 0 Å². The van der Waals surface area contributed by atoms with Crippen molar-refractivity contribution in [3.8, 4) is 0 Å². The topological polar surface area (TPSA) is 21.3 Å². The lowest BCUT2D eigenvalue weighted by atomic mass is 10.1. The first-order chi connectivity index (χ1) is 7.72. The zero-order valence-electron chi connectivity index (χ0n) is 11.3. The first-order valence-corrected chi connectivity index (χ1v) is 7.03. The van der Waals surface area contributed by atoms with E-state index in [1.165, 1.54) is 25.7 Å². The maximum Gasteiger partial charge on any atom is 0.0489 e. The summed E-state index contributed by atoms with van der Waals surface area (Å²) in [6, 6.07) is 0.787. The van der Waals surface area contributed by atoms with E-state index in [-0.39, 0.29) is 0 Å². The van der Waals surface area contributed by atoms with Gasteiger partial charge in [0.25, 0.3) is 0 Å². The van der Waals surface area contributed by atoms with Crippen molar-refractivity contribution in [3.05, 3.63) is 0 Å². The van der Waals surface area contributed by atoms with Crippen LogP contribution in [0.4, 0.5) is 0 Å². The minimum absolute atomic E-state index is 0.660. The Hall–Kier alpha value is -0.0800. The van der Waals surface area contributed by atoms with E-state index in [4.69, 9.17) is 4.74 Å². The SMILES string of the molecule is CCC1CCC(NCCCOCC(C)C)C1. The molecule has 0 heterocycles. The second-order valence-corrected chi connectivity index (χ2v) is 5.56. The van der Waals surface area contributed by atoms with E-state index in [9.17, 15) is 0 Å². The quantitative estimate of drug-likeness (QED) is 0.643. The maximum atomic E-state index is 5.56. The standard InChI is InChI=1S/C14H29NO/c1-4-13-6-7-14(10-13)15-8-5-9-16-11-12(2)3/h12-15H,4-11H2,1-3H3. The molecule has 0 radical (unpaired) electrons. The highest BCUT2D eigenvalue weighted by molar-refractivity contribution is 4.79. The molecule has 0 bridgehead atoms. The zero-order valence-corrected chi connectivity index (χ0v) is 11.3. The molecule has 16 heavy (non-hydrogen) atoms. The van der Waals surface area contributed by atoms with Crippen LogP contribution < -0.4 is 5.32 Å². The summed E-state index contributed by atoms with van der Waals surface area (Å²) >= 11 is 0. The Kier molecular flexibility index (Phi) is 7.06. The van der Waals surface area contributed by atoms with Crippen molar-refractivity contribution in [2.75, 3.05) is 19.8 Å². The minimum atomic E-state index is 0.660. The molecule has 1 rings (SSSR count). The summed E-state index contributed by atoms with van der Waals surface area (Å²) in [7, 11) is 0. The fraction of sp³-hybridized carbons (Fsp3) is 1.00. The van der Waals surface area contributed by atoms with Gasteiger partial charge in [0.2, 0.25) is 0 Å². The molecule has 1 aliphatic rings. The minimum Gasteiger partial charge on any atom is -0.381 e. The first-order valence-electron chi connectivity index (χ1n) is 7.03. The second kappa shape index (κ2) is 8.08. The maximum absolute atomic E-state index is 5.56. The summed E-state index contributed by atoms with van der Waals surface area (Å²) in [5.74, 6) is 1.64. The van der Waals surface area contributed by atoms with E-state index in [2.05, 4.69) is 26.1 Å². The lowest BCUT2D eigenvalue weighted by Gasteiger charge is -2.13. The predicted octanol–water partition coefficient (Wildman–Crippen LogP) is 3.22. The Morgan fingerprint density at radius 2 is 2.12 bits per heavy atom. The molecule has 0 aromatic carbocycles. The molecule has 2 atom stereocenters. The van der Waals surface area contributed by atoms with Crippen LogP contribution in [-0.4, -0.2) is 25.8 Å². The molecule has 0 aromatic heterocycles. The molecule has 96 valence electrons. The zero-order chi connectivity index (χ0) is 11.8. The lowest BCUT2D eigenvalue weighted by molar-refractivity contribution is 0.107.